The van der Waals surface area contributed by atoms with Gasteiger partial charge in [0.05, 0.1) is 0 Å². The van der Waals surface area contributed by atoms with Crippen molar-refractivity contribution in [3.8, 4) is 0 Å². The van der Waals surface area contributed by atoms with E-state index >= 15 is 0 Å². The van der Waals surface area contributed by atoms with Crippen LogP contribution in [0.15, 0.2) is 4.99 Å². The van der Waals surface area contributed by atoms with Crippen molar-refractivity contribution in [1.82, 2.24) is 10.2 Å². The van der Waals surface area contributed by atoms with Gasteiger partial charge in [-0.05, 0) is 59.7 Å². The van der Waals surface area contributed by atoms with E-state index in [0.29, 0.717) is 11.9 Å². The second kappa shape index (κ2) is 5.53. The lowest BCUT2D eigenvalue weighted by Gasteiger charge is -2.28. The first-order valence-electron chi connectivity index (χ1n) is 6.13. The van der Waals surface area contributed by atoms with Crippen molar-refractivity contribution in [2.45, 2.75) is 39.2 Å². The van der Waals surface area contributed by atoms with Crippen molar-refractivity contribution in [2.75, 3.05) is 26.7 Å². The highest BCUT2D eigenvalue weighted by molar-refractivity contribution is 5.78. The molecule has 1 heterocycles. The van der Waals surface area contributed by atoms with Gasteiger partial charge in [-0.25, -0.2) is 0 Å². The molecule has 0 aromatic heterocycles. The van der Waals surface area contributed by atoms with Gasteiger partial charge in [0, 0.05) is 12.1 Å². The normalized spacial score (nSPS) is 21.1. The maximum absolute atomic E-state index is 5.83. The van der Waals surface area contributed by atoms with E-state index in [4.69, 9.17) is 5.73 Å². The van der Waals surface area contributed by atoms with Crippen LogP contribution in [0.2, 0.25) is 0 Å². The first-order valence-corrected chi connectivity index (χ1v) is 6.13. The number of hydrogen-bond donors (Lipinski definition) is 2. The first kappa shape index (κ1) is 13.3. The predicted octanol–water partition coefficient (Wildman–Crippen LogP) is 1.03. The van der Waals surface area contributed by atoms with Crippen molar-refractivity contribution in [1.29, 1.82) is 0 Å². The third-order valence-corrected chi connectivity index (χ3v) is 2.86. The first-order chi connectivity index (χ1) is 7.37. The number of hydrogen-bond acceptors (Lipinski definition) is 2. The van der Waals surface area contributed by atoms with Gasteiger partial charge < -0.3 is 16.0 Å². The van der Waals surface area contributed by atoms with Gasteiger partial charge in [0.1, 0.15) is 0 Å². The van der Waals surface area contributed by atoms with Gasteiger partial charge in [0.2, 0.25) is 0 Å². The van der Waals surface area contributed by atoms with E-state index in [1.54, 1.807) is 0 Å². The second-order valence-corrected chi connectivity index (χ2v) is 5.85. The fourth-order valence-electron chi connectivity index (χ4n) is 1.90. The highest BCUT2D eigenvalue weighted by atomic mass is 15.1. The number of likely N-dealkylation sites (tertiary alicyclic amines) is 1. The van der Waals surface area contributed by atoms with Crippen LogP contribution in [0.5, 0.6) is 0 Å². The van der Waals surface area contributed by atoms with E-state index in [1.165, 1.54) is 25.9 Å². The Morgan fingerprint density at radius 3 is 2.44 bits per heavy atom. The maximum atomic E-state index is 5.83. The summed E-state index contributed by atoms with van der Waals surface area (Å²) in [6, 6.07) is 0. The van der Waals surface area contributed by atoms with E-state index < -0.39 is 0 Å². The molecular formula is C12H26N4. The molecule has 1 saturated heterocycles. The van der Waals surface area contributed by atoms with Crippen LogP contribution in [0.1, 0.15) is 33.6 Å². The van der Waals surface area contributed by atoms with Gasteiger partial charge in [-0.15, -0.1) is 0 Å². The maximum Gasteiger partial charge on any atom is 0.188 e. The molecule has 0 unspecified atom stereocenters. The molecule has 0 aliphatic carbocycles. The molecule has 0 radical (unpaired) electrons. The Bertz CT molecular complexity index is 234. The minimum absolute atomic E-state index is 0.000363. The van der Waals surface area contributed by atoms with Crippen molar-refractivity contribution in [3.05, 3.63) is 0 Å². The highest BCUT2D eigenvalue weighted by Gasteiger charge is 2.16. The lowest BCUT2D eigenvalue weighted by atomic mass is 9.97. The van der Waals surface area contributed by atoms with Gasteiger partial charge in [0.15, 0.2) is 5.96 Å². The van der Waals surface area contributed by atoms with Crippen LogP contribution in [0.25, 0.3) is 0 Å². The van der Waals surface area contributed by atoms with Gasteiger partial charge in [-0.1, -0.05) is 0 Å². The Morgan fingerprint density at radius 1 is 1.38 bits per heavy atom. The number of piperidine rings is 1. The van der Waals surface area contributed by atoms with Crippen LogP contribution in [0.3, 0.4) is 0 Å². The molecule has 1 fully saturated rings. The van der Waals surface area contributed by atoms with Crippen LogP contribution in [-0.2, 0) is 0 Å². The van der Waals surface area contributed by atoms with Gasteiger partial charge >= 0.3 is 0 Å². The van der Waals surface area contributed by atoms with Gasteiger partial charge in [-0.2, -0.15) is 0 Å². The van der Waals surface area contributed by atoms with E-state index in [0.717, 1.165) is 6.54 Å². The number of nitrogens with two attached hydrogens (primary N) is 1. The monoisotopic (exact) mass is 226 g/mol. The third-order valence-electron chi connectivity index (χ3n) is 2.86. The van der Waals surface area contributed by atoms with Gasteiger partial charge in [0.25, 0.3) is 0 Å². The fraction of sp³-hybridized carbons (Fsp3) is 0.917. The molecular weight excluding hydrogens is 200 g/mol. The average Bonchev–Trinajstić information content (AvgIpc) is 2.14. The quantitative estimate of drug-likeness (QED) is 0.546. The molecule has 94 valence electrons. The summed E-state index contributed by atoms with van der Waals surface area (Å²) in [5.41, 5.74) is 5.83. The molecule has 0 aromatic rings. The van der Waals surface area contributed by atoms with Crippen LogP contribution >= 0.6 is 0 Å². The van der Waals surface area contributed by atoms with Crippen molar-refractivity contribution in [3.63, 3.8) is 0 Å². The lowest BCUT2D eigenvalue weighted by Crippen LogP contribution is -2.45. The standard InChI is InChI=1S/C12H26N4/c1-12(2,3)15-11(13)14-9-10-5-7-16(4)8-6-10/h10H,5-9H2,1-4H3,(H3,13,14,15). The predicted molar refractivity (Wildman–Crippen MR) is 69.6 cm³/mol. The van der Waals surface area contributed by atoms with E-state index in [9.17, 15) is 0 Å². The molecule has 0 bridgehead atoms. The van der Waals surface area contributed by atoms with Crippen molar-refractivity contribution < 1.29 is 0 Å². The SMILES string of the molecule is CN1CCC(CN=C(N)NC(C)(C)C)CC1. The molecule has 0 amide bonds. The minimum Gasteiger partial charge on any atom is -0.370 e. The number of aliphatic imine (C=N–C) groups is 1. The van der Waals surface area contributed by atoms with Crippen LogP contribution < -0.4 is 11.1 Å². The Hall–Kier alpha value is -0.770. The zero-order chi connectivity index (χ0) is 12.2. The Balaban J connectivity index is 2.30. The third kappa shape index (κ3) is 5.35. The van der Waals surface area contributed by atoms with E-state index in [2.05, 4.69) is 43.0 Å². The Labute approximate surface area is 99.3 Å². The fourth-order valence-corrected chi connectivity index (χ4v) is 1.90. The summed E-state index contributed by atoms with van der Waals surface area (Å²) in [6.07, 6.45) is 2.48. The molecule has 16 heavy (non-hydrogen) atoms. The highest BCUT2D eigenvalue weighted by Crippen LogP contribution is 2.15. The van der Waals surface area contributed by atoms with Crippen LogP contribution in [-0.4, -0.2) is 43.1 Å². The summed E-state index contributed by atoms with van der Waals surface area (Å²) in [7, 11) is 2.18. The molecule has 1 aliphatic rings. The molecule has 4 heteroatoms. The number of nitrogens with zero attached hydrogens (tertiary/aromatic N) is 2. The average molecular weight is 226 g/mol. The van der Waals surface area contributed by atoms with Crippen molar-refractivity contribution in [2.24, 2.45) is 16.6 Å². The molecule has 1 rings (SSSR count). The Kier molecular flexibility index (Phi) is 4.59. The molecule has 0 saturated carbocycles. The van der Waals surface area contributed by atoms with Crippen molar-refractivity contribution >= 4 is 5.96 Å². The molecule has 0 atom stereocenters. The minimum atomic E-state index is 0.000363. The topological polar surface area (TPSA) is 53.6 Å². The van der Waals surface area contributed by atoms with Crippen LogP contribution in [0.4, 0.5) is 0 Å². The molecule has 0 aromatic carbocycles. The number of guanidine groups is 1. The second-order valence-electron chi connectivity index (χ2n) is 5.85. The zero-order valence-corrected chi connectivity index (χ0v) is 11.1. The smallest absolute Gasteiger partial charge is 0.188 e. The molecule has 0 spiro atoms. The van der Waals surface area contributed by atoms with Crippen LogP contribution in [0, 0.1) is 5.92 Å². The summed E-state index contributed by atoms with van der Waals surface area (Å²) in [4.78, 5) is 6.80. The summed E-state index contributed by atoms with van der Waals surface area (Å²) >= 11 is 0. The van der Waals surface area contributed by atoms with E-state index in [-0.39, 0.29) is 5.54 Å². The molecule has 1 aliphatic heterocycles. The molecule has 3 N–H and O–H groups in total. The summed E-state index contributed by atoms with van der Waals surface area (Å²) in [5, 5.41) is 3.18. The van der Waals surface area contributed by atoms with E-state index in [1.807, 2.05) is 0 Å². The summed E-state index contributed by atoms with van der Waals surface area (Å²) < 4.78 is 0. The summed E-state index contributed by atoms with van der Waals surface area (Å²) in [6.45, 7) is 9.50. The number of rotatable bonds is 2. The zero-order valence-electron chi connectivity index (χ0n) is 11.1. The summed E-state index contributed by atoms with van der Waals surface area (Å²) in [5.74, 6) is 1.28. The van der Waals surface area contributed by atoms with Gasteiger partial charge in [-0.3, -0.25) is 4.99 Å². The number of nitrogens with one attached hydrogen (secondary N) is 1. The largest absolute Gasteiger partial charge is 0.370 e. The Morgan fingerprint density at radius 2 is 1.94 bits per heavy atom. The lowest BCUT2D eigenvalue weighted by molar-refractivity contribution is 0.223. The molecule has 4 nitrogen and oxygen atoms in total.